The van der Waals surface area contributed by atoms with Gasteiger partial charge in [-0.3, -0.25) is 4.90 Å². The van der Waals surface area contributed by atoms with Gasteiger partial charge < -0.3 is 19.8 Å². The maximum absolute atomic E-state index is 12.6. The molecule has 2 aliphatic carbocycles. The number of carbonyl (C=O) groups is 3. The van der Waals surface area contributed by atoms with E-state index in [1.807, 2.05) is 24.3 Å². The molecule has 1 aliphatic heterocycles. The minimum Gasteiger partial charge on any atom is -0.479 e. The average molecular weight is 374 g/mol. The predicted molar refractivity (Wildman–Crippen MR) is 94.8 cm³/mol. The molecule has 2 fully saturated rings. The van der Waals surface area contributed by atoms with Gasteiger partial charge >= 0.3 is 18.2 Å². The summed E-state index contributed by atoms with van der Waals surface area (Å²) in [6, 6.07) is 7.22. The number of ether oxygens (including phenoxy) is 1. The van der Waals surface area contributed by atoms with Crippen molar-refractivity contribution < 1.29 is 29.3 Å². The molecule has 1 aromatic carbocycles. The normalized spacial score (nSPS) is 26.1. The third-order valence-electron chi connectivity index (χ3n) is 5.82. The van der Waals surface area contributed by atoms with Crippen molar-refractivity contribution in [1.29, 1.82) is 0 Å². The maximum Gasteiger partial charge on any atom is 0.412 e. The van der Waals surface area contributed by atoms with E-state index >= 15 is 0 Å². The molecule has 1 unspecified atom stereocenters. The van der Waals surface area contributed by atoms with E-state index in [1.165, 1.54) is 4.90 Å². The molecule has 8 heteroatoms. The first-order valence-corrected chi connectivity index (χ1v) is 9.24. The molecule has 2 amide bonds. The van der Waals surface area contributed by atoms with Gasteiger partial charge in [0.25, 0.3) is 0 Å². The molecular weight excluding hydrogens is 352 g/mol. The van der Waals surface area contributed by atoms with Crippen LogP contribution < -0.4 is 4.90 Å². The number of aliphatic carboxylic acids is 1. The largest absolute Gasteiger partial charge is 0.479 e. The van der Waals surface area contributed by atoms with Gasteiger partial charge in [0.2, 0.25) is 0 Å². The number of carboxylic acids is 1. The van der Waals surface area contributed by atoms with E-state index in [0.717, 1.165) is 24.1 Å². The number of hydrogen-bond donors (Lipinski definition) is 2. The first-order valence-electron chi connectivity index (χ1n) is 9.24. The molecule has 3 aliphatic rings. The third kappa shape index (κ3) is 3.20. The van der Waals surface area contributed by atoms with E-state index in [-0.39, 0.29) is 24.0 Å². The van der Waals surface area contributed by atoms with Crippen LogP contribution in [0.5, 0.6) is 0 Å². The number of rotatable bonds is 4. The second-order valence-electron chi connectivity index (χ2n) is 7.45. The lowest BCUT2D eigenvalue weighted by molar-refractivity contribution is -0.140. The van der Waals surface area contributed by atoms with E-state index in [1.54, 1.807) is 4.90 Å². The smallest absolute Gasteiger partial charge is 0.412 e. The second-order valence-corrected chi connectivity index (χ2v) is 7.45. The van der Waals surface area contributed by atoms with E-state index in [0.29, 0.717) is 19.3 Å². The highest BCUT2D eigenvalue weighted by Crippen LogP contribution is 2.46. The van der Waals surface area contributed by atoms with Crippen LogP contribution in [0, 0.1) is 5.92 Å². The molecule has 0 saturated heterocycles. The van der Waals surface area contributed by atoms with Crippen LogP contribution in [0.15, 0.2) is 24.3 Å². The monoisotopic (exact) mass is 374 g/mol. The van der Waals surface area contributed by atoms with E-state index < -0.39 is 24.8 Å². The second kappa shape index (κ2) is 6.75. The fourth-order valence-corrected chi connectivity index (χ4v) is 4.67. The zero-order valence-electron chi connectivity index (χ0n) is 14.8. The first-order chi connectivity index (χ1) is 13.0. The highest BCUT2D eigenvalue weighted by molar-refractivity contribution is 5.89. The molecule has 0 spiro atoms. The zero-order valence-corrected chi connectivity index (χ0v) is 14.8. The molecule has 8 nitrogen and oxygen atoms in total. The molecule has 0 bridgehead atoms. The van der Waals surface area contributed by atoms with Crippen LogP contribution in [0.2, 0.25) is 0 Å². The van der Waals surface area contributed by atoms with Gasteiger partial charge in [0.15, 0.2) is 6.61 Å². The average Bonchev–Trinajstić information content (AvgIpc) is 3.39. The molecule has 2 saturated carbocycles. The van der Waals surface area contributed by atoms with Crippen LogP contribution in [0.1, 0.15) is 31.2 Å². The summed E-state index contributed by atoms with van der Waals surface area (Å²) < 4.78 is 4.96. The summed E-state index contributed by atoms with van der Waals surface area (Å²) in [7, 11) is 0. The minimum atomic E-state index is -1.19. The summed E-state index contributed by atoms with van der Waals surface area (Å²) in [5.74, 6) is -1.21. The topological polar surface area (TPSA) is 107 Å². The highest BCUT2D eigenvalue weighted by Gasteiger charge is 2.51. The summed E-state index contributed by atoms with van der Waals surface area (Å²) in [5, 5.41) is 18.6. The van der Waals surface area contributed by atoms with E-state index in [9.17, 15) is 19.5 Å². The maximum atomic E-state index is 12.6. The molecular formula is C19H22N2O6. The standard InChI is InChI=1S/C19H22N2O6/c22-17(23)10-27-19(26)20(12-5-6-12)15-7-8-16-13(15)9-11-3-1-2-4-14(11)21(16)18(24)25/h1-4,12-13,15-16H,5-10H2,(H,22,23)(H,24,25)/t13-,15?,16+/m0/s1. The fourth-order valence-electron chi connectivity index (χ4n) is 4.67. The van der Waals surface area contributed by atoms with Crippen molar-refractivity contribution in [2.45, 2.75) is 50.2 Å². The quantitative estimate of drug-likeness (QED) is 0.839. The van der Waals surface area contributed by atoms with Gasteiger partial charge in [-0.25, -0.2) is 14.4 Å². The number of fused-ring (bicyclic) bond motifs is 2. The Morgan fingerprint density at radius 1 is 1.11 bits per heavy atom. The number of carboxylic acid groups (broad SMARTS) is 2. The lowest BCUT2D eigenvalue weighted by Crippen LogP contribution is -2.52. The number of para-hydroxylation sites is 1. The molecule has 0 radical (unpaired) electrons. The number of anilines is 1. The lowest BCUT2D eigenvalue weighted by atomic mass is 9.85. The molecule has 144 valence electrons. The van der Waals surface area contributed by atoms with Gasteiger partial charge in [0.1, 0.15) is 0 Å². The van der Waals surface area contributed by atoms with Crippen molar-refractivity contribution in [3.63, 3.8) is 0 Å². The molecule has 2 N–H and O–H groups in total. The number of amides is 2. The Morgan fingerprint density at radius 3 is 2.52 bits per heavy atom. The van der Waals surface area contributed by atoms with Gasteiger partial charge in [-0.05, 0) is 43.7 Å². The third-order valence-corrected chi connectivity index (χ3v) is 5.82. The van der Waals surface area contributed by atoms with Crippen molar-refractivity contribution in [3.05, 3.63) is 29.8 Å². The Balaban J connectivity index is 1.61. The van der Waals surface area contributed by atoms with Crippen molar-refractivity contribution in [3.8, 4) is 0 Å². The highest BCUT2D eigenvalue weighted by atomic mass is 16.6. The predicted octanol–water partition coefficient (Wildman–Crippen LogP) is 2.56. The van der Waals surface area contributed by atoms with Gasteiger partial charge in [-0.1, -0.05) is 18.2 Å². The van der Waals surface area contributed by atoms with Crippen molar-refractivity contribution >= 4 is 23.8 Å². The molecule has 0 aromatic heterocycles. The molecule has 1 aromatic rings. The van der Waals surface area contributed by atoms with Gasteiger partial charge in [0, 0.05) is 24.0 Å². The Hall–Kier alpha value is -2.77. The van der Waals surface area contributed by atoms with Crippen LogP contribution in [-0.2, 0) is 16.0 Å². The summed E-state index contributed by atoms with van der Waals surface area (Å²) in [5.41, 5.74) is 1.68. The molecule has 3 atom stereocenters. The molecule has 1 heterocycles. The summed E-state index contributed by atoms with van der Waals surface area (Å²) in [6.07, 6.45) is 2.21. The van der Waals surface area contributed by atoms with Crippen molar-refractivity contribution in [2.24, 2.45) is 5.92 Å². The Morgan fingerprint density at radius 2 is 1.85 bits per heavy atom. The van der Waals surface area contributed by atoms with Crippen LogP contribution in [0.25, 0.3) is 0 Å². The van der Waals surface area contributed by atoms with E-state index in [4.69, 9.17) is 9.84 Å². The SMILES string of the molecule is O=C(O)COC(=O)N(C1CC1)C1CC[C@@H]2[C@H]1Cc1ccccc1N2C(=O)O. The Kier molecular flexibility index (Phi) is 4.41. The zero-order chi connectivity index (χ0) is 19.1. The first kappa shape index (κ1) is 17.6. The Labute approximate surface area is 156 Å². The van der Waals surface area contributed by atoms with Crippen molar-refractivity contribution in [2.75, 3.05) is 11.5 Å². The van der Waals surface area contributed by atoms with Gasteiger partial charge in [0.05, 0.1) is 5.69 Å². The number of carbonyl (C=O) groups excluding carboxylic acids is 1. The minimum absolute atomic E-state index is 0.0195. The number of hydrogen-bond acceptors (Lipinski definition) is 4. The summed E-state index contributed by atoms with van der Waals surface area (Å²) in [4.78, 5) is 38.4. The van der Waals surface area contributed by atoms with Crippen molar-refractivity contribution in [1.82, 2.24) is 4.90 Å². The van der Waals surface area contributed by atoms with E-state index in [2.05, 4.69) is 0 Å². The van der Waals surface area contributed by atoms with Crippen LogP contribution in [0.4, 0.5) is 15.3 Å². The van der Waals surface area contributed by atoms with Crippen LogP contribution in [-0.4, -0.2) is 58.0 Å². The Bertz CT molecular complexity index is 777. The fraction of sp³-hybridized carbons (Fsp3) is 0.526. The van der Waals surface area contributed by atoms with Gasteiger partial charge in [-0.15, -0.1) is 0 Å². The number of benzene rings is 1. The summed E-state index contributed by atoms with van der Waals surface area (Å²) >= 11 is 0. The summed E-state index contributed by atoms with van der Waals surface area (Å²) in [6.45, 7) is -0.660. The number of nitrogens with zero attached hydrogens (tertiary/aromatic N) is 2. The molecule has 27 heavy (non-hydrogen) atoms. The molecule has 4 rings (SSSR count). The van der Waals surface area contributed by atoms with Crippen LogP contribution >= 0.6 is 0 Å². The lowest BCUT2D eigenvalue weighted by Gasteiger charge is -2.41. The van der Waals surface area contributed by atoms with Gasteiger partial charge in [-0.2, -0.15) is 0 Å². The van der Waals surface area contributed by atoms with Crippen LogP contribution in [0.3, 0.4) is 0 Å².